The third-order valence-electron chi connectivity index (χ3n) is 5.12. The topological polar surface area (TPSA) is 84.9 Å². The lowest BCUT2D eigenvalue weighted by Gasteiger charge is -2.26. The Labute approximate surface area is 209 Å². The number of ether oxygens (including phenoxy) is 2. The Morgan fingerprint density at radius 2 is 1.74 bits per heavy atom. The van der Waals surface area contributed by atoms with E-state index in [1.165, 1.54) is 12.1 Å². The van der Waals surface area contributed by atoms with E-state index in [4.69, 9.17) is 9.47 Å². The maximum atomic E-state index is 14.0. The van der Waals surface area contributed by atoms with Gasteiger partial charge in [-0.05, 0) is 61.5 Å². The monoisotopic (exact) mass is 538 g/mol. The van der Waals surface area contributed by atoms with E-state index in [9.17, 15) is 18.8 Å². The molecule has 1 fully saturated rings. The van der Waals surface area contributed by atoms with E-state index in [-0.39, 0.29) is 17.9 Å². The molecule has 0 aromatic heterocycles. The van der Waals surface area contributed by atoms with Gasteiger partial charge >= 0.3 is 6.03 Å². The molecule has 7 nitrogen and oxygen atoms in total. The minimum absolute atomic E-state index is 0.0542. The van der Waals surface area contributed by atoms with Crippen molar-refractivity contribution in [2.75, 3.05) is 11.5 Å². The Balaban J connectivity index is 1.65. The fourth-order valence-corrected chi connectivity index (χ4v) is 3.82. The second-order valence-corrected chi connectivity index (χ2v) is 8.36. The molecular formula is C26H20BrFN2O5. The van der Waals surface area contributed by atoms with E-state index in [0.717, 1.165) is 4.90 Å². The highest BCUT2D eigenvalue weighted by atomic mass is 79.9. The minimum atomic E-state index is -0.855. The van der Waals surface area contributed by atoms with Crippen LogP contribution >= 0.6 is 15.9 Å². The van der Waals surface area contributed by atoms with E-state index in [1.807, 2.05) is 6.92 Å². The molecule has 1 aliphatic heterocycles. The highest BCUT2D eigenvalue weighted by Crippen LogP contribution is 2.29. The maximum absolute atomic E-state index is 14.0. The lowest BCUT2D eigenvalue weighted by Crippen LogP contribution is -2.54. The Kier molecular flexibility index (Phi) is 7.26. The first-order valence-corrected chi connectivity index (χ1v) is 11.5. The van der Waals surface area contributed by atoms with Crippen molar-refractivity contribution < 1.29 is 28.2 Å². The zero-order valence-electron chi connectivity index (χ0n) is 18.6. The van der Waals surface area contributed by atoms with Crippen molar-refractivity contribution in [3.8, 4) is 11.5 Å². The van der Waals surface area contributed by atoms with Crippen LogP contribution in [0.1, 0.15) is 18.1 Å². The molecule has 35 heavy (non-hydrogen) atoms. The lowest BCUT2D eigenvalue weighted by atomic mass is 10.1. The van der Waals surface area contributed by atoms with E-state index in [0.29, 0.717) is 33.7 Å². The van der Waals surface area contributed by atoms with Gasteiger partial charge in [-0.15, -0.1) is 0 Å². The largest absolute Gasteiger partial charge is 0.494 e. The summed E-state index contributed by atoms with van der Waals surface area (Å²) in [6.07, 6.45) is 1.34. The highest BCUT2D eigenvalue weighted by Gasteiger charge is 2.37. The third kappa shape index (κ3) is 5.41. The fraction of sp³-hybridized carbons (Fsp3) is 0.115. The number of anilines is 1. The normalized spacial score (nSPS) is 14.8. The number of carbonyl (C=O) groups is 3. The number of nitrogens with zero attached hydrogens (tertiary/aromatic N) is 1. The molecule has 3 aromatic rings. The molecule has 0 bridgehead atoms. The van der Waals surface area contributed by atoms with Crippen molar-refractivity contribution in [1.82, 2.24) is 5.32 Å². The van der Waals surface area contributed by atoms with Crippen LogP contribution in [-0.2, 0) is 16.2 Å². The standard InChI is InChI=1S/C26H20BrFN2O5/c1-2-34-20-10-8-19(9-11-20)30-25(32)21(24(31)29-26(30)33)14-17-13-18(27)7-12-23(17)35-15-16-5-3-4-6-22(16)28/h3-14H,2,15H2,1H3,(H,29,31,33)/b21-14+. The predicted molar refractivity (Wildman–Crippen MR) is 131 cm³/mol. The number of barbiturate groups is 1. The molecule has 0 radical (unpaired) electrons. The summed E-state index contributed by atoms with van der Waals surface area (Å²) >= 11 is 3.37. The van der Waals surface area contributed by atoms with E-state index >= 15 is 0 Å². The van der Waals surface area contributed by atoms with Crippen LogP contribution in [0.3, 0.4) is 0 Å². The van der Waals surface area contributed by atoms with Crippen LogP contribution in [0.25, 0.3) is 6.08 Å². The van der Waals surface area contributed by atoms with Gasteiger partial charge in [0.15, 0.2) is 0 Å². The molecule has 4 rings (SSSR count). The first-order chi connectivity index (χ1) is 16.9. The molecule has 3 aromatic carbocycles. The van der Waals surface area contributed by atoms with Crippen LogP contribution in [0.5, 0.6) is 11.5 Å². The maximum Gasteiger partial charge on any atom is 0.335 e. The van der Waals surface area contributed by atoms with Crippen molar-refractivity contribution in [1.29, 1.82) is 0 Å². The molecule has 0 saturated carbocycles. The van der Waals surface area contributed by atoms with E-state index in [2.05, 4.69) is 21.2 Å². The van der Waals surface area contributed by atoms with Crippen LogP contribution < -0.4 is 19.7 Å². The van der Waals surface area contributed by atoms with Crippen molar-refractivity contribution in [2.24, 2.45) is 0 Å². The fourth-order valence-electron chi connectivity index (χ4n) is 3.44. The van der Waals surface area contributed by atoms with Gasteiger partial charge in [-0.3, -0.25) is 14.9 Å². The van der Waals surface area contributed by atoms with Gasteiger partial charge < -0.3 is 9.47 Å². The van der Waals surface area contributed by atoms with Crippen LogP contribution in [0.2, 0.25) is 0 Å². The summed E-state index contributed by atoms with van der Waals surface area (Å²) in [5, 5.41) is 2.19. The number of benzene rings is 3. The number of amides is 4. The summed E-state index contributed by atoms with van der Waals surface area (Å²) in [5.74, 6) is -1.12. The number of nitrogens with one attached hydrogen (secondary N) is 1. The summed E-state index contributed by atoms with van der Waals surface area (Å²) in [6.45, 7) is 2.26. The minimum Gasteiger partial charge on any atom is -0.494 e. The smallest absolute Gasteiger partial charge is 0.335 e. The van der Waals surface area contributed by atoms with Gasteiger partial charge in [0.2, 0.25) is 0 Å². The quantitative estimate of drug-likeness (QED) is 0.328. The zero-order valence-corrected chi connectivity index (χ0v) is 20.2. The second-order valence-electron chi connectivity index (χ2n) is 7.45. The molecule has 0 unspecified atom stereocenters. The van der Waals surface area contributed by atoms with Gasteiger partial charge in [-0.1, -0.05) is 34.1 Å². The predicted octanol–water partition coefficient (Wildman–Crippen LogP) is 5.23. The molecular weight excluding hydrogens is 519 g/mol. The highest BCUT2D eigenvalue weighted by molar-refractivity contribution is 9.10. The SMILES string of the molecule is CCOc1ccc(N2C(=O)NC(=O)/C(=C\c3cc(Br)ccc3OCc3ccccc3F)C2=O)cc1. The van der Waals surface area contributed by atoms with Gasteiger partial charge in [0.25, 0.3) is 11.8 Å². The molecule has 1 aliphatic rings. The molecule has 1 N–H and O–H groups in total. The van der Waals surface area contributed by atoms with Crippen molar-refractivity contribution >= 4 is 45.5 Å². The lowest BCUT2D eigenvalue weighted by molar-refractivity contribution is -0.122. The number of rotatable bonds is 7. The average molecular weight is 539 g/mol. The molecule has 1 saturated heterocycles. The van der Waals surface area contributed by atoms with Crippen LogP contribution in [-0.4, -0.2) is 24.5 Å². The van der Waals surface area contributed by atoms with Gasteiger partial charge in [0, 0.05) is 15.6 Å². The van der Waals surface area contributed by atoms with Gasteiger partial charge in [0.05, 0.1) is 12.3 Å². The zero-order chi connectivity index (χ0) is 24.9. The van der Waals surface area contributed by atoms with Crippen molar-refractivity contribution in [2.45, 2.75) is 13.5 Å². The summed E-state index contributed by atoms with van der Waals surface area (Å²) < 4.78 is 25.9. The third-order valence-corrected chi connectivity index (χ3v) is 5.61. The Hall–Kier alpha value is -3.98. The molecule has 1 heterocycles. The summed E-state index contributed by atoms with van der Waals surface area (Å²) in [5.41, 5.74) is 0.773. The van der Waals surface area contributed by atoms with Crippen molar-refractivity contribution in [3.63, 3.8) is 0 Å². The summed E-state index contributed by atoms with van der Waals surface area (Å²) in [7, 11) is 0. The second kappa shape index (κ2) is 10.5. The first-order valence-electron chi connectivity index (χ1n) is 10.7. The Bertz CT molecular complexity index is 1320. The number of urea groups is 1. The van der Waals surface area contributed by atoms with E-state index < -0.39 is 23.7 Å². The molecule has 4 amide bonds. The number of imide groups is 2. The number of hydrogen-bond donors (Lipinski definition) is 1. The molecule has 0 spiro atoms. The molecule has 178 valence electrons. The van der Waals surface area contributed by atoms with Gasteiger partial charge in [0.1, 0.15) is 29.5 Å². The van der Waals surface area contributed by atoms with Gasteiger partial charge in [-0.2, -0.15) is 0 Å². The average Bonchev–Trinajstić information content (AvgIpc) is 2.83. The number of halogens is 2. The summed E-state index contributed by atoms with van der Waals surface area (Å²) in [4.78, 5) is 39.2. The van der Waals surface area contributed by atoms with Crippen LogP contribution in [0.15, 0.2) is 76.8 Å². The molecule has 0 atom stereocenters. The number of carbonyl (C=O) groups excluding carboxylic acids is 3. The van der Waals surface area contributed by atoms with Gasteiger partial charge in [-0.25, -0.2) is 14.1 Å². The van der Waals surface area contributed by atoms with Crippen LogP contribution in [0.4, 0.5) is 14.9 Å². The molecule has 0 aliphatic carbocycles. The van der Waals surface area contributed by atoms with E-state index in [1.54, 1.807) is 60.7 Å². The van der Waals surface area contributed by atoms with Crippen molar-refractivity contribution in [3.05, 3.63) is 93.7 Å². The molecule has 9 heteroatoms. The Morgan fingerprint density at radius 1 is 1.00 bits per heavy atom. The number of hydrogen-bond acceptors (Lipinski definition) is 5. The first kappa shape index (κ1) is 24.2. The Morgan fingerprint density at radius 3 is 2.46 bits per heavy atom. The van der Waals surface area contributed by atoms with Crippen LogP contribution in [0, 0.1) is 5.82 Å². The summed E-state index contributed by atoms with van der Waals surface area (Å²) in [6, 6.07) is 16.7.